The van der Waals surface area contributed by atoms with Gasteiger partial charge in [0, 0.05) is 28.2 Å². The van der Waals surface area contributed by atoms with E-state index in [-0.39, 0.29) is 0 Å². The number of nitrogens with zero attached hydrogens (tertiary/aromatic N) is 1. The molecule has 0 aliphatic carbocycles. The Morgan fingerprint density at radius 1 is 1.33 bits per heavy atom. The Labute approximate surface area is 136 Å². The monoisotopic (exact) mass is 352 g/mol. The Bertz CT molecular complexity index is 494. The molecule has 1 aromatic rings. The van der Waals surface area contributed by atoms with Gasteiger partial charge in [-0.25, -0.2) is 0 Å². The number of nitrogens with one attached hydrogen (secondary N) is 1. The van der Waals surface area contributed by atoms with Crippen LogP contribution in [-0.2, 0) is 0 Å². The second-order valence-corrected chi connectivity index (χ2v) is 7.36. The molecule has 0 amide bonds. The normalized spacial score (nSPS) is 30.3. The van der Waals surface area contributed by atoms with Gasteiger partial charge in [-0.2, -0.15) is 0 Å². The molecule has 3 atom stereocenters. The second-order valence-electron chi connectivity index (χ2n) is 6.44. The summed E-state index contributed by atoms with van der Waals surface area (Å²) in [7, 11) is 2.23. The lowest BCUT2D eigenvalue weighted by Gasteiger charge is -2.37. The largest absolute Gasteiger partial charge is 0.493 e. The van der Waals surface area contributed by atoms with Gasteiger partial charge in [-0.15, -0.1) is 0 Å². The van der Waals surface area contributed by atoms with E-state index in [0.717, 1.165) is 29.7 Å². The van der Waals surface area contributed by atoms with Crippen molar-refractivity contribution in [1.29, 1.82) is 0 Å². The van der Waals surface area contributed by atoms with Crippen LogP contribution in [0.5, 0.6) is 5.75 Å². The molecular weight excluding hydrogens is 328 g/mol. The van der Waals surface area contributed by atoms with Gasteiger partial charge >= 0.3 is 0 Å². The Balaban J connectivity index is 1.73. The maximum absolute atomic E-state index is 5.91. The van der Waals surface area contributed by atoms with Crippen molar-refractivity contribution in [3.05, 3.63) is 28.2 Å². The van der Waals surface area contributed by atoms with Crippen LogP contribution < -0.4 is 10.1 Å². The molecule has 2 aliphatic heterocycles. The third kappa shape index (κ3) is 3.61. The number of piperidine rings is 1. The van der Waals surface area contributed by atoms with Gasteiger partial charge in [0.25, 0.3) is 0 Å². The zero-order valence-corrected chi connectivity index (χ0v) is 14.5. The van der Waals surface area contributed by atoms with Crippen LogP contribution >= 0.6 is 15.9 Å². The molecule has 3 nitrogen and oxygen atoms in total. The molecule has 1 fully saturated rings. The van der Waals surface area contributed by atoms with E-state index >= 15 is 0 Å². The molecule has 3 rings (SSSR count). The Hall–Kier alpha value is -0.580. The predicted octanol–water partition coefficient (Wildman–Crippen LogP) is 3.74. The Morgan fingerprint density at radius 2 is 2.19 bits per heavy atom. The minimum absolute atomic E-state index is 0.427. The van der Waals surface area contributed by atoms with E-state index in [1.165, 1.54) is 24.9 Å². The number of hydrogen-bond donors (Lipinski definition) is 1. The highest BCUT2D eigenvalue weighted by molar-refractivity contribution is 9.10. The van der Waals surface area contributed by atoms with E-state index in [0.29, 0.717) is 18.1 Å². The molecule has 0 spiro atoms. The number of fused-ring (bicyclic) bond motifs is 1. The van der Waals surface area contributed by atoms with Crippen LogP contribution in [-0.4, -0.2) is 37.2 Å². The van der Waals surface area contributed by atoms with E-state index in [2.05, 4.69) is 58.3 Å². The summed E-state index contributed by atoms with van der Waals surface area (Å²) in [6, 6.07) is 8.15. The smallest absolute Gasteiger partial charge is 0.125 e. The molecular formula is C17H25BrN2O. The minimum Gasteiger partial charge on any atom is -0.493 e. The molecule has 0 bridgehead atoms. The molecule has 3 unspecified atom stereocenters. The first-order valence-corrected chi connectivity index (χ1v) is 8.81. The quantitative estimate of drug-likeness (QED) is 0.877. The molecule has 0 aromatic heterocycles. The third-order valence-corrected chi connectivity index (χ3v) is 5.38. The lowest BCUT2D eigenvalue weighted by Crippen LogP contribution is -2.46. The number of rotatable bonds is 2. The molecule has 0 saturated carbocycles. The maximum Gasteiger partial charge on any atom is 0.125 e. The minimum atomic E-state index is 0.427. The van der Waals surface area contributed by atoms with Crippen molar-refractivity contribution >= 4 is 15.9 Å². The standard InChI is InChI=1S/C17H25BrN2O/c1-12-10-14(7-8-20(12)2)19-16-4-3-9-21-17-11-13(18)5-6-15(16)17/h5-6,11-12,14,16,19H,3-4,7-10H2,1-2H3. The van der Waals surface area contributed by atoms with Crippen molar-refractivity contribution in [2.24, 2.45) is 0 Å². The topological polar surface area (TPSA) is 24.5 Å². The summed E-state index contributed by atoms with van der Waals surface area (Å²) in [4.78, 5) is 2.46. The zero-order valence-electron chi connectivity index (χ0n) is 12.9. The van der Waals surface area contributed by atoms with E-state index in [9.17, 15) is 0 Å². The number of halogens is 1. The summed E-state index contributed by atoms with van der Waals surface area (Å²) in [5.41, 5.74) is 1.32. The average Bonchev–Trinajstić information content (AvgIpc) is 2.65. The van der Waals surface area contributed by atoms with Crippen LogP contribution in [0.15, 0.2) is 22.7 Å². The summed E-state index contributed by atoms with van der Waals surface area (Å²) in [5.74, 6) is 1.04. The van der Waals surface area contributed by atoms with E-state index in [1.54, 1.807) is 0 Å². The van der Waals surface area contributed by atoms with Crippen molar-refractivity contribution in [2.75, 3.05) is 20.2 Å². The fourth-order valence-corrected chi connectivity index (χ4v) is 3.78. The lowest BCUT2D eigenvalue weighted by molar-refractivity contribution is 0.161. The van der Waals surface area contributed by atoms with E-state index in [4.69, 9.17) is 4.74 Å². The van der Waals surface area contributed by atoms with Gasteiger partial charge in [0.1, 0.15) is 5.75 Å². The first kappa shape index (κ1) is 15.3. The van der Waals surface area contributed by atoms with Gasteiger partial charge in [0.2, 0.25) is 0 Å². The first-order chi connectivity index (χ1) is 10.1. The fourth-order valence-electron chi connectivity index (χ4n) is 3.44. The SMILES string of the molecule is CC1CC(NC2CCCOc3cc(Br)ccc32)CCN1C. The average molecular weight is 353 g/mol. The molecule has 116 valence electrons. The molecule has 2 heterocycles. The van der Waals surface area contributed by atoms with Crippen LogP contribution in [0.25, 0.3) is 0 Å². The van der Waals surface area contributed by atoms with E-state index < -0.39 is 0 Å². The van der Waals surface area contributed by atoms with Crippen molar-refractivity contribution in [2.45, 2.75) is 50.7 Å². The van der Waals surface area contributed by atoms with Gasteiger partial charge in [-0.05, 0) is 58.3 Å². The van der Waals surface area contributed by atoms with Gasteiger partial charge in [-0.3, -0.25) is 0 Å². The van der Waals surface area contributed by atoms with Crippen molar-refractivity contribution in [3.63, 3.8) is 0 Å². The van der Waals surface area contributed by atoms with Crippen molar-refractivity contribution in [3.8, 4) is 5.75 Å². The molecule has 0 radical (unpaired) electrons. The van der Waals surface area contributed by atoms with Crippen LogP contribution in [0.1, 0.15) is 44.2 Å². The number of likely N-dealkylation sites (tertiary alicyclic amines) is 1. The molecule has 1 N–H and O–H groups in total. The summed E-state index contributed by atoms with van der Waals surface area (Å²) in [6.07, 6.45) is 4.76. The van der Waals surface area contributed by atoms with Crippen molar-refractivity contribution < 1.29 is 4.74 Å². The van der Waals surface area contributed by atoms with Crippen molar-refractivity contribution in [1.82, 2.24) is 10.2 Å². The second kappa shape index (κ2) is 6.67. The molecule has 1 saturated heterocycles. The van der Waals surface area contributed by atoms with Gasteiger partial charge in [-0.1, -0.05) is 22.0 Å². The van der Waals surface area contributed by atoms with Gasteiger partial charge in [0.05, 0.1) is 6.61 Å². The van der Waals surface area contributed by atoms with Crippen LogP contribution in [0.2, 0.25) is 0 Å². The molecule has 2 aliphatic rings. The van der Waals surface area contributed by atoms with Gasteiger partial charge < -0.3 is 15.0 Å². The van der Waals surface area contributed by atoms with Crippen LogP contribution in [0.4, 0.5) is 0 Å². The summed E-state index contributed by atoms with van der Waals surface area (Å²) in [6.45, 7) is 4.34. The highest BCUT2D eigenvalue weighted by Gasteiger charge is 2.27. The lowest BCUT2D eigenvalue weighted by atomic mass is 9.95. The molecule has 1 aromatic carbocycles. The number of ether oxygens (including phenoxy) is 1. The van der Waals surface area contributed by atoms with Gasteiger partial charge in [0.15, 0.2) is 0 Å². The summed E-state index contributed by atoms with van der Waals surface area (Å²) >= 11 is 3.54. The highest BCUT2D eigenvalue weighted by atomic mass is 79.9. The first-order valence-electron chi connectivity index (χ1n) is 8.02. The van der Waals surface area contributed by atoms with Crippen LogP contribution in [0.3, 0.4) is 0 Å². The molecule has 4 heteroatoms. The maximum atomic E-state index is 5.91. The molecule has 21 heavy (non-hydrogen) atoms. The zero-order chi connectivity index (χ0) is 14.8. The predicted molar refractivity (Wildman–Crippen MR) is 89.9 cm³/mol. The summed E-state index contributed by atoms with van der Waals surface area (Å²) < 4.78 is 7.00. The highest BCUT2D eigenvalue weighted by Crippen LogP contribution is 2.34. The summed E-state index contributed by atoms with van der Waals surface area (Å²) in [5, 5.41) is 3.90. The Kier molecular flexibility index (Phi) is 4.87. The third-order valence-electron chi connectivity index (χ3n) is 4.89. The number of benzene rings is 1. The van der Waals surface area contributed by atoms with E-state index in [1.807, 2.05) is 0 Å². The fraction of sp³-hybridized carbons (Fsp3) is 0.647. The number of hydrogen-bond acceptors (Lipinski definition) is 3. The van der Waals surface area contributed by atoms with Crippen LogP contribution in [0, 0.1) is 0 Å². The Morgan fingerprint density at radius 3 is 3.00 bits per heavy atom.